The minimum Gasteiger partial charge on any atom is -0.491 e. The molecular formula is C27H26N4OS. The van der Waals surface area contributed by atoms with Crippen LogP contribution in [-0.4, -0.2) is 20.8 Å². The number of aromatic nitrogens is 2. The van der Waals surface area contributed by atoms with Crippen LogP contribution in [0.15, 0.2) is 97.3 Å². The van der Waals surface area contributed by atoms with Crippen molar-refractivity contribution in [3.05, 3.63) is 109 Å². The molecule has 4 aromatic rings. The second-order valence-corrected chi connectivity index (χ2v) is 8.68. The molecule has 33 heavy (non-hydrogen) atoms. The zero-order chi connectivity index (χ0) is 22.8. The van der Waals surface area contributed by atoms with Gasteiger partial charge in [-0.05, 0) is 86.7 Å². The van der Waals surface area contributed by atoms with Gasteiger partial charge in [0, 0.05) is 29.5 Å². The van der Waals surface area contributed by atoms with Gasteiger partial charge < -0.3 is 19.5 Å². The van der Waals surface area contributed by atoms with E-state index in [4.69, 9.17) is 17.0 Å². The Kier molecular flexibility index (Phi) is 5.84. The number of ether oxygens (including phenoxy) is 1. The number of rotatable bonds is 6. The molecule has 0 bridgehead atoms. The van der Waals surface area contributed by atoms with E-state index in [0.29, 0.717) is 5.11 Å². The first-order valence-electron chi connectivity index (χ1n) is 11.1. The highest BCUT2D eigenvalue weighted by atomic mass is 32.1. The molecule has 166 valence electrons. The first kappa shape index (κ1) is 21.2. The van der Waals surface area contributed by atoms with Crippen molar-refractivity contribution in [2.45, 2.75) is 32.0 Å². The van der Waals surface area contributed by atoms with Gasteiger partial charge in [-0.3, -0.25) is 4.98 Å². The number of para-hydroxylation sites is 1. The monoisotopic (exact) mass is 454 g/mol. The van der Waals surface area contributed by atoms with Crippen LogP contribution in [0.3, 0.4) is 0 Å². The summed E-state index contributed by atoms with van der Waals surface area (Å²) >= 11 is 5.86. The molecule has 2 atom stereocenters. The molecule has 0 saturated carbocycles. The van der Waals surface area contributed by atoms with Gasteiger partial charge in [0.05, 0.1) is 17.8 Å². The van der Waals surface area contributed by atoms with E-state index in [9.17, 15) is 0 Å². The summed E-state index contributed by atoms with van der Waals surface area (Å²) in [6.45, 7) is 4.05. The van der Waals surface area contributed by atoms with Crippen molar-refractivity contribution in [3.63, 3.8) is 0 Å². The van der Waals surface area contributed by atoms with E-state index in [-0.39, 0.29) is 18.2 Å². The largest absolute Gasteiger partial charge is 0.491 e. The van der Waals surface area contributed by atoms with Crippen molar-refractivity contribution in [3.8, 4) is 11.4 Å². The van der Waals surface area contributed by atoms with E-state index in [0.717, 1.165) is 28.5 Å². The van der Waals surface area contributed by atoms with Crippen LogP contribution in [0.5, 0.6) is 5.75 Å². The van der Waals surface area contributed by atoms with Gasteiger partial charge in [-0.1, -0.05) is 24.3 Å². The van der Waals surface area contributed by atoms with Gasteiger partial charge in [-0.15, -0.1) is 0 Å². The third kappa shape index (κ3) is 4.22. The normalized spacial score (nSPS) is 17.9. The summed E-state index contributed by atoms with van der Waals surface area (Å²) in [5.41, 5.74) is 4.20. The molecule has 0 spiro atoms. The standard InChI is InChI=1S/C27H26N4OS/c1-19(2)32-22-15-13-21(14-16-22)31-26(25(29-27(31)33)23-11-6-7-17-28-23)24-12-8-18-30(24)20-9-4-3-5-10-20/h3-19,25-26H,1-2H3,(H,29,33). The van der Waals surface area contributed by atoms with E-state index in [2.05, 4.69) is 74.5 Å². The number of pyridine rings is 1. The zero-order valence-corrected chi connectivity index (χ0v) is 19.4. The average Bonchev–Trinajstić information content (AvgIpc) is 3.45. The number of nitrogens with zero attached hydrogens (tertiary/aromatic N) is 3. The second-order valence-electron chi connectivity index (χ2n) is 8.30. The summed E-state index contributed by atoms with van der Waals surface area (Å²) in [6.07, 6.45) is 4.05. The van der Waals surface area contributed by atoms with Crippen LogP contribution in [0.25, 0.3) is 5.69 Å². The van der Waals surface area contributed by atoms with Crippen LogP contribution in [0.1, 0.15) is 37.3 Å². The molecule has 0 amide bonds. The number of nitrogens with one attached hydrogen (secondary N) is 1. The fourth-order valence-electron chi connectivity index (χ4n) is 4.35. The first-order valence-corrected chi connectivity index (χ1v) is 11.5. The maximum atomic E-state index is 5.86. The Labute approximate surface area is 199 Å². The Balaban J connectivity index is 1.60. The molecule has 1 fully saturated rings. The highest BCUT2D eigenvalue weighted by Crippen LogP contribution is 2.42. The number of hydrogen-bond donors (Lipinski definition) is 1. The fourth-order valence-corrected chi connectivity index (χ4v) is 4.70. The first-order chi connectivity index (χ1) is 16.1. The maximum Gasteiger partial charge on any atom is 0.174 e. The third-order valence-electron chi connectivity index (χ3n) is 5.70. The topological polar surface area (TPSA) is 42.3 Å². The molecule has 0 radical (unpaired) electrons. The summed E-state index contributed by atoms with van der Waals surface area (Å²) < 4.78 is 8.07. The predicted octanol–water partition coefficient (Wildman–Crippen LogP) is 5.84. The molecular weight excluding hydrogens is 428 g/mol. The van der Waals surface area contributed by atoms with Crippen molar-refractivity contribution >= 4 is 23.0 Å². The van der Waals surface area contributed by atoms with Gasteiger partial charge in [0.2, 0.25) is 0 Å². The van der Waals surface area contributed by atoms with Crippen LogP contribution < -0.4 is 15.0 Å². The fraction of sp³-hybridized carbons (Fsp3) is 0.185. The van der Waals surface area contributed by atoms with Gasteiger partial charge >= 0.3 is 0 Å². The minimum atomic E-state index is -0.0948. The van der Waals surface area contributed by atoms with E-state index in [1.807, 2.05) is 56.4 Å². The molecule has 2 unspecified atom stereocenters. The van der Waals surface area contributed by atoms with Crippen LogP contribution in [-0.2, 0) is 0 Å². The van der Waals surface area contributed by atoms with Crippen molar-refractivity contribution in [2.24, 2.45) is 0 Å². The summed E-state index contributed by atoms with van der Waals surface area (Å²) in [5.74, 6) is 0.845. The number of thiocarbonyl (C=S) groups is 1. The third-order valence-corrected chi connectivity index (χ3v) is 6.02. The maximum absolute atomic E-state index is 5.86. The van der Waals surface area contributed by atoms with E-state index < -0.39 is 0 Å². The molecule has 3 heterocycles. The quantitative estimate of drug-likeness (QED) is 0.371. The van der Waals surface area contributed by atoms with Gasteiger partial charge in [0.1, 0.15) is 11.8 Å². The van der Waals surface area contributed by atoms with Crippen LogP contribution in [0, 0.1) is 0 Å². The van der Waals surface area contributed by atoms with Crippen molar-refractivity contribution in [2.75, 3.05) is 4.90 Å². The lowest BCUT2D eigenvalue weighted by molar-refractivity contribution is 0.242. The number of hydrogen-bond acceptors (Lipinski definition) is 3. The molecule has 1 N–H and O–H groups in total. The summed E-state index contributed by atoms with van der Waals surface area (Å²) in [5, 5.41) is 4.21. The zero-order valence-electron chi connectivity index (χ0n) is 18.6. The predicted molar refractivity (Wildman–Crippen MR) is 136 cm³/mol. The number of benzene rings is 2. The smallest absolute Gasteiger partial charge is 0.174 e. The number of anilines is 1. The molecule has 1 saturated heterocycles. The molecule has 0 aliphatic carbocycles. The second kappa shape index (κ2) is 9.08. The molecule has 1 aliphatic heterocycles. The minimum absolute atomic E-state index is 0.0838. The lowest BCUT2D eigenvalue weighted by atomic mass is 10.0. The van der Waals surface area contributed by atoms with E-state index in [1.165, 1.54) is 0 Å². The molecule has 6 heteroatoms. The van der Waals surface area contributed by atoms with Gasteiger partial charge in [-0.25, -0.2) is 0 Å². The Bertz CT molecular complexity index is 1220. The molecule has 1 aliphatic rings. The highest BCUT2D eigenvalue weighted by Gasteiger charge is 2.42. The Morgan fingerprint density at radius 2 is 1.64 bits per heavy atom. The van der Waals surface area contributed by atoms with Gasteiger partial charge in [0.15, 0.2) is 5.11 Å². The Hall–Kier alpha value is -3.64. The van der Waals surface area contributed by atoms with Crippen LogP contribution >= 0.6 is 12.2 Å². The van der Waals surface area contributed by atoms with Gasteiger partial charge in [0.25, 0.3) is 0 Å². The summed E-state index contributed by atoms with van der Waals surface area (Å²) in [7, 11) is 0. The average molecular weight is 455 g/mol. The summed E-state index contributed by atoms with van der Waals surface area (Å²) in [4.78, 5) is 6.84. The molecule has 5 nitrogen and oxygen atoms in total. The van der Waals surface area contributed by atoms with Gasteiger partial charge in [-0.2, -0.15) is 0 Å². The van der Waals surface area contributed by atoms with Crippen LogP contribution in [0.4, 0.5) is 5.69 Å². The molecule has 2 aromatic heterocycles. The Morgan fingerprint density at radius 1 is 0.879 bits per heavy atom. The lowest BCUT2D eigenvalue weighted by Crippen LogP contribution is -2.30. The molecule has 2 aromatic carbocycles. The van der Waals surface area contributed by atoms with Crippen molar-refractivity contribution in [1.82, 2.24) is 14.9 Å². The highest BCUT2D eigenvalue weighted by molar-refractivity contribution is 7.80. The SMILES string of the molecule is CC(C)Oc1ccc(N2C(=S)NC(c3ccccn3)C2c2cccn2-c2ccccc2)cc1. The van der Waals surface area contributed by atoms with Crippen LogP contribution in [0.2, 0.25) is 0 Å². The van der Waals surface area contributed by atoms with Crippen molar-refractivity contribution in [1.29, 1.82) is 0 Å². The van der Waals surface area contributed by atoms with E-state index >= 15 is 0 Å². The lowest BCUT2D eigenvalue weighted by Gasteiger charge is -2.29. The Morgan fingerprint density at radius 3 is 2.33 bits per heavy atom. The van der Waals surface area contributed by atoms with E-state index in [1.54, 1.807) is 0 Å². The molecule has 5 rings (SSSR count). The van der Waals surface area contributed by atoms with Crippen molar-refractivity contribution < 1.29 is 4.74 Å². The summed E-state index contributed by atoms with van der Waals surface area (Å²) in [6, 6.07) is 28.6.